The van der Waals surface area contributed by atoms with Crippen LogP contribution in [-0.2, 0) is 46.6 Å². The van der Waals surface area contributed by atoms with Gasteiger partial charge in [0.1, 0.15) is 12.7 Å². The van der Waals surface area contributed by atoms with Crippen molar-refractivity contribution in [2.24, 2.45) is 5.92 Å². The van der Waals surface area contributed by atoms with Crippen LogP contribution in [0.5, 0.6) is 0 Å². The van der Waals surface area contributed by atoms with Gasteiger partial charge in [0.15, 0.2) is 11.9 Å². The first-order valence-electron chi connectivity index (χ1n) is 20.3. The van der Waals surface area contributed by atoms with Crippen LogP contribution < -0.4 is 0 Å². The molecule has 0 rings (SSSR count). The molecule has 0 fully saturated rings. The van der Waals surface area contributed by atoms with Crippen molar-refractivity contribution in [3.8, 4) is 0 Å². The van der Waals surface area contributed by atoms with Crippen LogP contribution in [0, 0.1) is 5.92 Å². The third kappa shape index (κ3) is 38.9. The van der Waals surface area contributed by atoms with Crippen molar-refractivity contribution in [2.45, 2.75) is 174 Å². The number of ether oxygens (including phenoxy) is 2. The van der Waals surface area contributed by atoms with E-state index in [1.54, 1.807) is 12.2 Å². The Balaban J connectivity index is 4.60. The second-order valence-electron chi connectivity index (χ2n) is 14.4. The van der Waals surface area contributed by atoms with Gasteiger partial charge in [-0.1, -0.05) is 129 Å². The van der Waals surface area contributed by atoms with Crippen LogP contribution in [-0.4, -0.2) is 76.1 Å². The Kier molecular flexibility index (Phi) is 33.2. The fraction of sp³-hybridized carbons (Fsp3) is 0.821. The van der Waals surface area contributed by atoms with Crippen molar-refractivity contribution in [1.82, 2.24) is 0 Å². The zero-order valence-corrected chi connectivity index (χ0v) is 35.5. The number of hydrogen-bond acceptors (Lipinski definition) is 11. The maximum atomic E-state index is 12.6. The van der Waals surface area contributed by atoms with Crippen LogP contribution in [0.1, 0.15) is 162 Å². The minimum absolute atomic E-state index is 0.115. The lowest BCUT2D eigenvalue weighted by Gasteiger charge is -2.20. The van der Waals surface area contributed by atoms with Gasteiger partial charge in [-0.15, -0.1) is 0 Å². The quantitative estimate of drug-likeness (QED) is 0.0150. The molecule has 4 N–H and O–H groups in total. The fourth-order valence-corrected chi connectivity index (χ4v) is 6.49. The molecule has 0 saturated carbocycles. The highest BCUT2D eigenvalue weighted by atomic mass is 31.2. The Bertz CT molecular complexity index is 1150. The number of esters is 2. The maximum absolute atomic E-state index is 12.6. The molecule has 16 heteroatoms. The lowest BCUT2D eigenvalue weighted by Crippen LogP contribution is -2.30. The number of unbranched alkanes of at least 4 members (excludes halogenated alkanes) is 15. The number of carbonyl (C=O) groups excluding carboxylic acids is 3. The average Bonchev–Trinajstić information content (AvgIpc) is 3.12. The van der Waals surface area contributed by atoms with Gasteiger partial charge >= 0.3 is 27.6 Å². The number of phosphoric ester groups is 2. The molecule has 14 nitrogen and oxygen atoms in total. The molecule has 0 aromatic carbocycles. The molecule has 0 aromatic heterocycles. The molecule has 0 spiro atoms. The van der Waals surface area contributed by atoms with E-state index in [-0.39, 0.29) is 18.6 Å². The molecule has 322 valence electrons. The molecule has 0 saturated heterocycles. The van der Waals surface area contributed by atoms with E-state index in [1.165, 1.54) is 32.1 Å². The molecule has 1 unspecified atom stereocenters. The Morgan fingerprint density at radius 2 is 1.15 bits per heavy atom. The van der Waals surface area contributed by atoms with Crippen molar-refractivity contribution < 1.29 is 66.3 Å². The zero-order chi connectivity index (χ0) is 41.2. The van der Waals surface area contributed by atoms with E-state index in [0.717, 1.165) is 83.0 Å². The molecular weight excluding hydrogens is 754 g/mol. The summed E-state index contributed by atoms with van der Waals surface area (Å²) in [6.07, 6.45) is 24.6. The van der Waals surface area contributed by atoms with Crippen LogP contribution in [0.2, 0.25) is 0 Å². The van der Waals surface area contributed by atoms with Crippen LogP contribution in [0.3, 0.4) is 0 Å². The molecule has 0 radical (unpaired) electrons. The smallest absolute Gasteiger partial charge is 0.462 e. The summed E-state index contributed by atoms with van der Waals surface area (Å²) in [5.74, 6) is -0.194. The zero-order valence-electron chi connectivity index (χ0n) is 33.7. The number of phosphoric acid groups is 2. The second kappa shape index (κ2) is 34.3. The van der Waals surface area contributed by atoms with Gasteiger partial charge in [0.2, 0.25) is 0 Å². The number of aliphatic hydroxyl groups is 1. The van der Waals surface area contributed by atoms with Gasteiger partial charge in [-0.05, 0) is 44.1 Å². The Labute approximate surface area is 330 Å². The summed E-state index contributed by atoms with van der Waals surface area (Å²) in [5.41, 5.74) is 0. The number of rotatable bonds is 38. The maximum Gasteiger partial charge on any atom is 0.472 e. The minimum Gasteiger partial charge on any atom is -0.462 e. The third-order valence-corrected chi connectivity index (χ3v) is 9.92. The van der Waals surface area contributed by atoms with E-state index in [2.05, 4.69) is 29.8 Å². The van der Waals surface area contributed by atoms with E-state index >= 15 is 0 Å². The van der Waals surface area contributed by atoms with Crippen molar-refractivity contribution in [3.63, 3.8) is 0 Å². The number of allylic oxidation sites excluding steroid dienone is 4. The largest absolute Gasteiger partial charge is 0.472 e. The van der Waals surface area contributed by atoms with Crippen molar-refractivity contribution in [3.05, 3.63) is 24.3 Å². The topological polar surface area (TPSA) is 212 Å². The third-order valence-electron chi connectivity index (χ3n) is 8.49. The van der Waals surface area contributed by atoms with Gasteiger partial charge < -0.3 is 29.3 Å². The number of aliphatic hydroxyl groups excluding tert-OH is 1. The van der Waals surface area contributed by atoms with Gasteiger partial charge in [-0.3, -0.25) is 28.0 Å². The Morgan fingerprint density at radius 3 is 1.75 bits per heavy atom. The summed E-state index contributed by atoms with van der Waals surface area (Å²) >= 11 is 0. The molecule has 0 heterocycles. The lowest BCUT2D eigenvalue weighted by molar-refractivity contribution is -0.161. The van der Waals surface area contributed by atoms with E-state index in [0.29, 0.717) is 19.3 Å². The van der Waals surface area contributed by atoms with Crippen molar-refractivity contribution >= 4 is 33.4 Å². The number of carbonyl (C=O) groups is 3. The molecular formula is C39H72O14P2. The van der Waals surface area contributed by atoms with E-state index in [9.17, 15) is 33.5 Å². The number of ketones is 1. The minimum atomic E-state index is -4.87. The monoisotopic (exact) mass is 826 g/mol. The summed E-state index contributed by atoms with van der Waals surface area (Å²) in [7, 11) is -9.69. The van der Waals surface area contributed by atoms with Crippen molar-refractivity contribution in [2.75, 3.05) is 26.4 Å². The average molecular weight is 827 g/mol. The first-order valence-corrected chi connectivity index (χ1v) is 23.4. The van der Waals surface area contributed by atoms with E-state index < -0.39 is 66.2 Å². The predicted octanol–water partition coefficient (Wildman–Crippen LogP) is 8.98. The van der Waals surface area contributed by atoms with Gasteiger partial charge in [0.25, 0.3) is 0 Å². The van der Waals surface area contributed by atoms with Gasteiger partial charge in [-0.2, -0.15) is 0 Å². The summed E-state index contributed by atoms with van der Waals surface area (Å²) in [6, 6.07) is 0. The fourth-order valence-electron chi connectivity index (χ4n) is 5.34. The summed E-state index contributed by atoms with van der Waals surface area (Å²) < 4.78 is 47.6. The van der Waals surface area contributed by atoms with Gasteiger partial charge in [0.05, 0.1) is 19.8 Å². The first-order chi connectivity index (χ1) is 26.1. The molecule has 3 atom stereocenters. The van der Waals surface area contributed by atoms with Crippen LogP contribution in [0.4, 0.5) is 0 Å². The molecule has 0 bridgehead atoms. The molecule has 0 aliphatic carbocycles. The summed E-state index contributed by atoms with van der Waals surface area (Å²) in [4.78, 5) is 64.2. The van der Waals surface area contributed by atoms with Crippen LogP contribution in [0.25, 0.3) is 0 Å². The molecule has 55 heavy (non-hydrogen) atoms. The van der Waals surface area contributed by atoms with Crippen molar-refractivity contribution in [1.29, 1.82) is 0 Å². The standard InChI is InChI=1S/C39H72O14P2/c1-4-5-20-26-35(40)27-22-17-13-9-7-10-14-18-23-28-38(42)49-32-37(33-52-55(47,48)51-31-36(41)30-50-54(44,45)46)53-39(43)29-24-19-15-11-6-8-12-16-21-25-34(2)3/h13,17,22,27,34,36-37,41H,4-12,14-16,18-21,23-26,28-33H2,1-3H3,(H,47,48)(H2,44,45,46)/b17-13-,27-22+/t36-,37+/m0/s1. The Hall–Kier alpha value is -1.73. The van der Waals surface area contributed by atoms with Gasteiger partial charge in [0, 0.05) is 19.3 Å². The normalized spacial score (nSPS) is 14.4. The molecule has 0 aromatic rings. The van der Waals surface area contributed by atoms with Gasteiger partial charge in [-0.25, -0.2) is 9.13 Å². The van der Waals surface area contributed by atoms with Crippen LogP contribution in [0.15, 0.2) is 24.3 Å². The molecule has 0 aliphatic heterocycles. The predicted molar refractivity (Wildman–Crippen MR) is 212 cm³/mol. The lowest BCUT2D eigenvalue weighted by atomic mass is 10.0. The SMILES string of the molecule is CCCCCC(=O)/C=C/C=C\CCCCCCCC(=O)OC[C@H](COP(=O)(O)OC[C@@H](O)COP(=O)(O)O)OC(=O)CCCCCCCCCCCC(C)C. The number of hydrogen-bond donors (Lipinski definition) is 4. The Morgan fingerprint density at radius 1 is 0.618 bits per heavy atom. The summed E-state index contributed by atoms with van der Waals surface area (Å²) in [6.45, 7) is 3.82. The molecule has 0 aliphatic rings. The highest BCUT2D eigenvalue weighted by Gasteiger charge is 2.28. The van der Waals surface area contributed by atoms with E-state index in [4.69, 9.17) is 23.8 Å². The highest BCUT2D eigenvalue weighted by molar-refractivity contribution is 7.47. The summed E-state index contributed by atoms with van der Waals surface area (Å²) in [5, 5.41) is 9.72. The van der Waals surface area contributed by atoms with E-state index in [1.807, 2.05) is 12.2 Å². The highest BCUT2D eigenvalue weighted by Crippen LogP contribution is 2.43. The second-order valence-corrected chi connectivity index (χ2v) is 17.1. The van der Waals surface area contributed by atoms with Crippen LogP contribution >= 0.6 is 15.6 Å². The molecule has 0 amide bonds. The first kappa shape index (κ1) is 53.3.